The summed E-state index contributed by atoms with van der Waals surface area (Å²) in [6.07, 6.45) is 0. The van der Waals surface area contributed by atoms with Gasteiger partial charge in [0.05, 0.1) is 18.1 Å². The van der Waals surface area contributed by atoms with Gasteiger partial charge < -0.3 is 20.1 Å². The summed E-state index contributed by atoms with van der Waals surface area (Å²) in [6, 6.07) is 13.0. The summed E-state index contributed by atoms with van der Waals surface area (Å²) in [6.45, 7) is 0.461. The third kappa shape index (κ3) is 2.38. The van der Waals surface area contributed by atoms with E-state index in [1.807, 2.05) is 24.3 Å². The van der Waals surface area contributed by atoms with Crippen LogP contribution in [0.5, 0.6) is 11.5 Å². The molecular formula is C15H15N3O2. The van der Waals surface area contributed by atoms with Crippen molar-refractivity contribution in [3.63, 3.8) is 0 Å². The highest BCUT2D eigenvalue weighted by atomic mass is 16.5. The van der Waals surface area contributed by atoms with E-state index in [2.05, 4.69) is 15.3 Å². The molecular weight excluding hydrogens is 254 g/mol. The highest BCUT2D eigenvalue weighted by Gasteiger charge is 2.05. The van der Waals surface area contributed by atoms with Crippen molar-refractivity contribution in [3.05, 3.63) is 48.0 Å². The summed E-state index contributed by atoms with van der Waals surface area (Å²) >= 11 is 0. The van der Waals surface area contributed by atoms with E-state index in [-0.39, 0.29) is 5.75 Å². The minimum atomic E-state index is 0.231. The second kappa shape index (κ2) is 5.13. The number of aromatic hydroxyl groups is 1. The number of hydrogen-bond donors (Lipinski definition) is 3. The Morgan fingerprint density at radius 1 is 1.25 bits per heavy atom. The first-order valence-electron chi connectivity index (χ1n) is 6.31. The average Bonchev–Trinajstić information content (AvgIpc) is 2.89. The lowest BCUT2D eigenvalue weighted by Crippen LogP contribution is -2.01. The Hall–Kier alpha value is -2.69. The second-order valence-corrected chi connectivity index (χ2v) is 4.45. The number of fused-ring (bicyclic) bond motifs is 1. The third-order valence-electron chi connectivity index (χ3n) is 3.12. The van der Waals surface area contributed by atoms with E-state index in [1.165, 1.54) is 0 Å². The van der Waals surface area contributed by atoms with Crippen molar-refractivity contribution in [2.24, 2.45) is 0 Å². The quantitative estimate of drug-likeness (QED) is 0.681. The van der Waals surface area contributed by atoms with Crippen LogP contribution in [0.4, 0.5) is 5.95 Å². The summed E-state index contributed by atoms with van der Waals surface area (Å²) in [5.74, 6) is 1.62. The number of phenolic OH excluding ortho intramolecular Hbond substituents is 1. The largest absolute Gasteiger partial charge is 0.508 e. The van der Waals surface area contributed by atoms with Crippen LogP contribution in [0, 0.1) is 0 Å². The van der Waals surface area contributed by atoms with Crippen LogP contribution in [-0.2, 0) is 6.54 Å². The van der Waals surface area contributed by atoms with E-state index in [4.69, 9.17) is 4.74 Å². The van der Waals surface area contributed by atoms with Gasteiger partial charge in [0.2, 0.25) is 5.95 Å². The number of aromatic nitrogens is 2. The number of rotatable bonds is 4. The fourth-order valence-electron chi connectivity index (χ4n) is 2.05. The molecule has 3 rings (SSSR count). The normalized spacial score (nSPS) is 10.7. The average molecular weight is 269 g/mol. The van der Waals surface area contributed by atoms with Gasteiger partial charge in [0.1, 0.15) is 11.5 Å². The number of methoxy groups -OCH3 is 1. The first-order chi connectivity index (χ1) is 9.76. The standard InChI is InChI=1S/C15H15N3O2/c1-20-11-6-7-14(19)10(8-11)9-16-15-17-12-4-2-3-5-13(12)18-15/h2-8,19H,9H2,1H3,(H2,16,17,18). The zero-order valence-electron chi connectivity index (χ0n) is 11.1. The minimum Gasteiger partial charge on any atom is -0.508 e. The fourth-order valence-corrected chi connectivity index (χ4v) is 2.05. The SMILES string of the molecule is COc1ccc(O)c(CNc2nc3ccccc3[nH]2)c1. The van der Waals surface area contributed by atoms with Crippen LogP contribution in [0.2, 0.25) is 0 Å². The Morgan fingerprint density at radius 3 is 2.90 bits per heavy atom. The molecule has 0 saturated carbocycles. The molecule has 0 aliphatic carbocycles. The fraction of sp³-hybridized carbons (Fsp3) is 0.133. The van der Waals surface area contributed by atoms with Crippen LogP contribution in [0.3, 0.4) is 0 Å². The second-order valence-electron chi connectivity index (χ2n) is 4.45. The van der Waals surface area contributed by atoms with E-state index in [1.54, 1.807) is 25.3 Å². The molecule has 0 radical (unpaired) electrons. The van der Waals surface area contributed by atoms with Crippen molar-refractivity contribution in [1.29, 1.82) is 0 Å². The molecule has 0 saturated heterocycles. The third-order valence-corrected chi connectivity index (χ3v) is 3.12. The summed E-state index contributed by atoms with van der Waals surface area (Å²) < 4.78 is 5.15. The van der Waals surface area contributed by atoms with Crippen molar-refractivity contribution < 1.29 is 9.84 Å². The van der Waals surface area contributed by atoms with Crippen LogP contribution >= 0.6 is 0 Å². The Morgan fingerprint density at radius 2 is 2.10 bits per heavy atom. The lowest BCUT2D eigenvalue weighted by Gasteiger charge is -2.07. The maximum Gasteiger partial charge on any atom is 0.201 e. The molecule has 1 heterocycles. The number of H-pyrrole nitrogens is 1. The molecule has 2 aromatic carbocycles. The Labute approximate surface area is 116 Å². The maximum atomic E-state index is 9.82. The molecule has 0 spiro atoms. The van der Waals surface area contributed by atoms with Gasteiger partial charge in [0, 0.05) is 12.1 Å². The van der Waals surface area contributed by atoms with Crippen molar-refractivity contribution >= 4 is 17.0 Å². The van der Waals surface area contributed by atoms with Crippen molar-refractivity contribution in [2.45, 2.75) is 6.54 Å². The first-order valence-corrected chi connectivity index (χ1v) is 6.31. The van der Waals surface area contributed by atoms with Crippen LogP contribution < -0.4 is 10.1 Å². The molecule has 0 aliphatic rings. The molecule has 5 nitrogen and oxygen atoms in total. The predicted molar refractivity (Wildman–Crippen MR) is 78.1 cm³/mol. The Bertz CT molecular complexity index is 704. The number of anilines is 1. The highest BCUT2D eigenvalue weighted by molar-refractivity contribution is 5.77. The van der Waals surface area contributed by atoms with Crippen LogP contribution in [0.1, 0.15) is 5.56 Å². The molecule has 0 amide bonds. The van der Waals surface area contributed by atoms with Crippen molar-refractivity contribution in [1.82, 2.24) is 9.97 Å². The van der Waals surface area contributed by atoms with Gasteiger partial charge in [-0.05, 0) is 30.3 Å². The monoisotopic (exact) mass is 269 g/mol. The zero-order valence-corrected chi connectivity index (χ0v) is 11.1. The van der Waals surface area contributed by atoms with Crippen LogP contribution in [-0.4, -0.2) is 22.2 Å². The summed E-state index contributed by atoms with van der Waals surface area (Å²) in [5, 5.41) is 13.0. The maximum absolute atomic E-state index is 9.82. The van der Waals surface area contributed by atoms with Gasteiger partial charge in [-0.15, -0.1) is 0 Å². The molecule has 102 valence electrons. The van der Waals surface area contributed by atoms with E-state index in [0.29, 0.717) is 18.2 Å². The van der Waals surface area contributed by atoms with Gasteiger partial charge in [0.25, 0.3) is 0 Å². The Kier molecular flexibility index (Phi) is 3.16. The number of imidazole rings is 1. The zero-order chi connectivity index (χ0) is 13.9. The van der Waals surface area contributed by atoms with E-state index in [0.717, 1.165) is 16.6 Å². The predicted octanol–water partition coefficient (Wildman–Crippen LogP) is 2.89. The number of nitrogens with zero attached hydrogens (tertiary/aromatic N) is 1. The smallest absolute Gasteiger partial charge is 0.201 e. The molecule has 0 atom stereocenters. The molecule has 3 aromatic rings. The van der Waals surface area contributed by atoms with E-state index < -0.39 is 0 Å². The van der Waals surface area contributed by atoms with E-state index in [9.17, 15) is 5.11 Å². The van der Waals surface area contributed by atoms with Crippen LogP contribution in [0.15, 0.2) is 42.5 Å². The number of phenols is 1. The molecule has 0 unspecified atom stereocenters. The minimum absolute atomic E-state index is 0.231. The molecule has 0 aliphatic heterocycles. The van der Waals surface area contributed by atoms with Crippen molar-refractivity contribution in [2.75, 3.05) is 12.4 Å². The number of nitrogens with one attached hydrogen (secondary N) is 2. The lowest BCUT2D eigenvalue weighted by molar-refractivity contribution is 0.411. The number of hydrogen-bond acceptors (Lipinski definition) is 4. The van der Waals surface area contributed by atoms with Gasteiger partial charge in [-0.1, -0.05) is 12.1 Å². The lowest BCUT2D eigenvalue weighted by atomic mass is 10.2. The molecule has 3 N–H and O–H groups in total. The van der Waals surface area contributed by atoms with Crippen LogP contribution in [0.25, 0.3) is 11.0 Å². The molecule has 0 bridgehead atoms. The van der Waals surface area contributed by atoms with Gasteiger partial charge in [-0.25, -0.2) is 4.98 Å². The number of aromatic amines is 1. The highest BCUT2D eigenvalue weighted by Crippen LogP contribution is 2.23. The first kappa shape index (κ1) is 12.3. The number of ether oxygens (including phenoxy) is 1. The molecule has 20 heavy (non-hydrogen) atoms. The summed E-state index contributed by atoms with van der Waals surface area (Å²) in [5.41, 5.74) is 2.64. The summed E-state index contributed by atoms with van der Waals surface area (Å²) in [7, 11) is 1.60. The van der Waals surface area contributed by atoms with Gasteiger partial charge >= 0.3 is 0 Å². The van der Waals surface area contributed by atoms with Gasteiger partial charge in [-0.3, -0.25) is 0 Å². The van der Waals surface area contributed by atoms with E-state index >= 15 is 0 Å². The number of benzene rings is 2. The summed E-state index contributed by atoms with van der Waals surface area (Å²) in [4.78, 5) is 7.60. The molecule has 5 heteroatoms. The van der Waals surface area contributed by atoms with Gasteiger partial charge in [-0.2, -0.15) is 0 Å². The van der Waals surface area contributed by atoms with Gasteiger partial charge in [0.15, 0.2) is 0 Å². The molecule has 0 fully saturated rings. The Balaban J connectivity index is 1.79. The van der Waals surface area contributed by atoms with Crippen molar-refractivity contribution in [3.8, 4) is 11.5 Å². The molecule has 1 aromatic heterocycles. The number of para-hydroxylation sites is 2. The topological polar surface area (TPSA) is 70.2 Å².